The Bertz CT molecular complexity index is 581. The second-order valence-electron chi connectivity index (χ2n) is 3.84. The summed E-state index contributed by atoms with van der Waals surface area (Å²) < 4.78 is 0.875. The fraction of sp³-hybridized carbons (Fsp3) is 0.154. The number of benzene rings is 1. The molecule has 1 heterocycles. The summed E-state index contributed by atoms with van der Waals surface area (Å²) in [5.74, 6) is 0. The minimum absolute atomic E-state index is 0.646. The molecule has 0 saturated carbocycles. The van der Waals surface area contributed by atoms with Crippen molar-refractivity contribution >= 4 is 34.0 Å². The highest BCUT2D eigenvalue weighted by atomic mass is 79.9. The second kappa shape index (κ2) is 5.63. The number of nitrogens with zero attached hydrogens (tertiary/aromatic N) is 2. The molecule has 1 aromatic heterocycles. The van der Waals surface area contributed by atoms with Gasteiger partial charge in [-0.1, -0.05) is 6.07 Å². The van der Waals surface area contributed by atoms with E-state index < -0.39 is 0 Å². The number of aryl methyl sites for hydroxylation is 2. The lowest BCUT2D eigenvalue weighted by atomic mass is 10.2. The van der Waals surface area contributed by atoms with Crippen LogP contribution in [0, 0.1) is 13.8 Å². The molecule has 0 aliphatic rings. The second-order valence-corrected chi connectivity index (χ2v) is 5.71. The Morgan fingerprint density at radius 3 is 2.39 bits per heavy atom. The van der Waals surface area contributed by atoms with Gasteiger partial charge in [-0.05, 0) is 59.7 Å². The number of hydrogen-bond acceptors (Lipinski definition) is 4. The van der Waals surface area contributed by atoms with Crippen LogP contribution in [-0.2, 0) is 0 Å². The number of carbonyl (C=O) groups is 1. The maximum absolute atomic E-state index is 10.7. The van der Waals surface area contributed by atoms with E-state index >= 15 is 0 Å². The molecule has 0 amide bonds. The first-order chi connectivity index (χ1) is 8.58. The minimum Gasteiger partial charge on any atom is -0.298 e. The Morgan fingerprint density at radius 2 is 1.83 bits per heavy atom. The lowest BCUT2D eigenvalue weighted by molar-refractivity contribution is 0.112. The average molecular weight is 323 g/mol. The molecule has 5 heteroatoms. The van der Waals surface area contributed by atoms with Crippen LogP contribution in [0.1, 0.15) is 21.7 Å². The number of aldehydes is 1. The van der Waals surface area contributed by atoms with E-state index in [0.717, 1.165) is 27.0 Å². The van der Waals surface area contributed by atoms with E-state index in [1.807, 2.05) is 26.0 Å². The monoisotopic (exact) mass is 322 g/mol. The predicted molar refractivity (Wildman–Crippen MR) is 75.2 cm³/mol. The predicted octanol–water partition coefficient (Wildman–Crippen LogP) is 3.82. The zero-order valence-corrected chi connectivity index (χ0v) is 12.4. The number of carbonyl (C=O) groups excluding carboxylic acids is 1. The van der Waals surface area contributed by atoms with Crippen LogP contribution in [0.15, 0.2) is 38.8 Å². The molecule has 0 aliphatic carbocycles. The molecule has 0 bridgehead atoms. The van der Waals surface area contributed by atoms with Gasteiger partial charge < -0.3 is 0 Å². The first-order valence-electron chi connectivity index (χ1n) is 5.33. The maximum atomic E-state index is 10.7. The van der Waals surface area contributed by atoms with E-state index in [-0.39, 0.29) is 0 Å². The SMILES string of the molecule is Cc1cc(C)nc(Sc2ccc(C=O)cc2Br)n1. The maximum Gasteiger partial charge on any atom is 0.192 e. The van der Waals surface area contributed by atoms with Crippen molar-refractivity contribution in [2.45, 2.75) is 23.9 Å². The van der Waals surface area contributed by atoms with Crippen LogP contribution in [0.2, 0.25) is 0 Å². The Labute approximate surface area is 118 Å². The Hall–Kier alpha value is -1.20. The summed E-state index contributed by atoms with van der Waals surface area (Å²) in [7, 11) is 0. The van der Waals surface area contributed by atoms with Crippen molar-refractivity contribution in [3.05, 3.63) is 45.7 Å². The van der Waals surface area contributed by atoms with E-state index in [1.165, 1.54) is 11.8 Å². The van der Waals surface area contributed by atoms with Gasteiger partial charge in [-0.2, -0.15) is 0 Å². The van der Waals surface area contributed by atoms with E-state index in [4.69, 9.17) is 0 Å². The average Bonchev–Trinajstić information content (AvgIpc) is 2.30. The zero-order chi connectivity index (χ0) is 13.1. The molecule has 0 aliphatic heterocycles. The molecule has 92 valence electrons. The fourth-order valence-electron chi connectivity index (χ4n) is 1.51. The van der Waals surface area contributed by atoms with Crippen LogP contribution in [0.4, 0.5) is 0 Å². The normalized spacial score (nSPS) is 10.4. The highest BCUT2D eigenvalue weighted by molar-refractivity contribution is 9.10. The Balaban J connectivity index is 2.31. The van der Waals surface area contributed by atoms with E-state index in [1.54, 1.807) is 12.1 Å². The van der Waals surface area contributed by atoms with Crippen LogP contribution in [0.25, 0.3) is 0 Å². The molecule has 2 aromatic rings. The van der Waals surface area contributed by atoms with Gasteiger partial charge in [-0.3, -0.25) is 4.79 Å². The standard InChI is InChI=1S/C13H11BrN2OS/c1-8-5-9(2)16-13(15-8)18-12-4-3-10(7-17)6-11(12)14/h3-7H,1-2H3. The van der Waals surface area contributed by atoms with Gasteiger partial charge in [0.2, 0.25) is 0 Å². The van der Waals surface area contributed by atoms with Crippen LogP contribution in [0.5, 0.6) is 0 Å². The lowest BCUT2D eigenvalue weighted by Gasteiger charge is -2.05. The Kier molecular flexibility index (Phi) is 4.14. The topological polar surface area (TPSA) is 42.9 Å². The summed E-state index contributed by atoms with van der Waals surface area (Å²) in [5, 5.41) is 0.715. The molecule has 0 atom stereocenters. The molecule has 3 nitrogen and oxygen atoms in total. The highest BCUT2D eigenvalue weighted by Crippen LogP contribution is 2.32. The van der Waals surface area contributed by atoms with Crippen LogP contribution >= 0.6 is 27.7 Å². The fourth-order valence-corrected chi connectivity index (χ4v) is 3.02. The summed E-state index contributed by atoms with van der Waals surface area (Å²) in [5.41, 5.74) is 2.55. The molecule has 2 rings (SSSR count). The van der Waals surface area contributed by atoms with Gasteiger partial charge in [0.1, 0.15) is 6.29 Å². The van der Waals surface area contributed by atoms with Gasteiger partial charge >= 0.3 is 0 Å². The third-order valence-corrected chi connectivity index (χ3v) is 4.11. The summed E-state index contributed by atoms with van der Waals surface area (Å²) >= 11 is 4.92. The smallest absolute Gasteiger partial charge is 0.192 e. The molecule has 0 saturated heterocycles. The van der Waals surface area contributed by atoms with Gasteiger partial charge in [-0.25, -0.2) is 9.97 Å². The molecule has 1 aromatic carbocycles. The molecule has 0 radical (unpaired) electrons. The molecule has 18 heavy (non-hydrogen) atoms. The van der Waals surface area contributed by atoms with E-state index in [9.17, 15) is 4.79 Å². The molecule has 0 spiro atoms. The Morgan fingerprint density at radius 1 is 1.17 bits per heavy atom. The number of halogens is 1. The van der Waals surface area contributed by atoms with Crippen molar-refractivity contribution in [2.75, 3.05) is 0 Å². The number of hydrogen-bond donors (Lipinski definition) is 0. The van der Waals surface area contributed by atoms with Crippen molar-refractivity contribution in [1.29, 1.82) is 0 Å². The summed E-state index contributed by atoms with van der Waals surface area (Å²) in [4.78, 5) is 20.4. The lowest BCUT2D eigenvalue weighted by Crippen LogP contribution is -1.92. The van der Waals surface area contributed by atoms with Crippen molar-refractivity contribution < 1.29 is 4.79 Å². The molecule has 0 unspecified atom stereocenters. The highest BCUT2D eigenvalue weighted by Gasteiger charge is 2.06. The third-order valence-electron chi connectivity index (χ3n) is 2.26. The number of rotatable bonds is 3. The molecular formula is C13H11BrN2OS. The van der Waals surface area contributed by atoms with E-state index in [2.05, 4.69) is 25.9 Å². The first-order valence-corrected chi connectivity index (χ1v) is 6.94. The van der Waals surface area contributed by atoms with Crippen molar-refractivity contribution in [3.8, 4) is 0 Å². The summed E-state index contributed by atoms with van der Waals surface area (Å²) in [6, 6.07) is 7.40. The molecular weight excluding hydrogens is 312 g/mol. The van der Waals surface area contributed by atoms with Gasteiger partial charge in [-0.15, -0.1) is 0 Å². The number of aromatic nitrogens is 2. The molecule has 0 fully saturated rings. The largest absolute Gasteiger partial charge is 0.298 e. The molecule has 0 N–H and O–H groups in total. The van der Waals surface area contributed by atoms with Crippen molar-refractivity contribution in [2.24, 2.45) is 0 Å². The summed E-state index contributed by atoms with van der Waals surface area (Å²) in [6.07, 6.45) is 0.826. The third kappa shape index (κ3) is 3.17. The van der Waals surface area contributed by atoms with Crippen LogP contribution < -0.4 is 0 Å². The van der Waals surface area contributed by atoms with Crippen LogP contribution in [-0.4, -0.2) is 16.3 Å². The minimum atomic E-state index is 0.646. The van der Waals surface area contributed by atoms with Crippen molar-refractivity contribution in [1.82, 2.24) is 9.97 Å². The van der Waals surface area contributed by atoms with Gasteiger partial charge in [0.25, 0.3) is 0 Å². The zero-order valence-electron chi connectivity index (χ0n) is 9.98. The quantitative estimate of drug-likeness (QED) is 0.636. The first kappa shape index (κ1) is 13.2. The summed E-state index contributed by atoms with van der Waals surface area (Å²) in [6.45, 7) is 3.90. The van der Waals surface area contributed by atoms with Crippen molar-refractivity contribution in [3.63, 3.8) is 0 Å². The van der Waals surface area contributed by atoms with Gasteiger partial charge in [0.05, 0.1) is 0 Å². The van der Waals surface area contributed by atoms with Gasteiger partial charge in [0.15, 0.2) is 5.16 Å². The van der Waals surface area contributed by atoms with E-state index in [0.29, 0.717) is 10.7 Å². The van der Waals surface area contributed by atoms with Crippen LogP contribution in [0.3, 0.4) is 0 Å². The van der Waals surface area contributed by atoms with Gasteiger partial charge in [0, 0.05) is 26.3 Å².